The molecule has 2 fully saturated rings. The summed E-state index contributed by atoms with van der Waals surface area (Å²) in [6.45, 7) is 3.04. The van der Waals surface area contributed by atoms with Crippen molar-refractivity contribution in [3.8, 4) is 11.1 Å². The topological polar surface area (TPSA) is 142 Å². The van der Waals surface area contributed by atoms with E-state index in [-0.39, 0.29) is 41.1 Å². The first-order chi connectivity index (χ1) is 22.4. The minimum absolute atomic E-state index is 0.0354. The molecule has 7 N–H and O–H groups in total. The van der Waals surface area contributed by atoms with E-state index in [0.717, 1.165) is 47.5 Å². The molecule has 2 aliphatic heterocycles. The molecule has 2 aromatic heterocycles. The maximum absolute atomic E-state index is 13.3. The summed E-state index contributed by atoms with van der Waals surface area (Å²) in [6.07, 6.45) is 3.42. The highest BCUT2D eigenvalue weighted by molar-refractivity contribution is 6.39. The number of carbonyl (C=O) groups excluding carboxylic acids is 1. The van der Waals surface area contributed by atoms with E-state index in [2.05, 4.69) is 32.8 Å². The molecule has 3 aromatic rings. The third kappa shape index (κ3) is 6.04. The first kappa shape index (κ1) is 32.4. The summed E-state index contributed by atoms with van der Waals surface area (Å²) in [7, 11) is 16.7. The average molecular weight is 638 g/mol. The van der Waals surface area contributed by atoms with Gasteiger partial charge in [0.2, 0.25) is 0 Å². The van der Waals surface area contributed by atoms with Gasteiger partial charge in [-0.15, -0.1) is 0 Å². The largest absolute Gasteiger partial charge is 0.393 e. The van der Waals surface area contributed by atoms with Gasteiger partial charge in [-0.05, 0) is 42.8 Å². The summed E-state index contributed by atoms with van der Waals surface area (Å²) >= 11 is 0. The Morgan fingerprint density at radius 3 is 2.53 bits per heavy atom. The Balaban J connectivity index is 1.30. The molecule has 1 saturated carbocycles. The predicted octanol–water partition coefficient (Wildman–Crippen LogP) is 2.67. The number of halogens is 2. The normalized spacial score (nSPS) is 19.1. The summed E-state index contributed by atoms with van der Waals surface area (Å²) in [6, 6.07) is 10.3. The summed E-state index contributed by atoms with van der Waals surface area (Å²) in [5.41, 5.74) is 17.4. The van der Waals surface area contributed by atoms with Crippen molar-refractivity contribution < 1.29 is 13.6 Å². The molecule has 4 heterocycles. The number of likely N-dealkylation sites (tertiary alicyclic amines) is 1. The van der Waals surface area contributed by atoms with Gasteiger partial charge < -0.3 is 37.2 Å². The van der Waals surface area contributed by atoms with Crippen LogP contribution in [0.25, 0.3) is 11.1 Å². The monoisotopic (exact) mass is 638 g/mol. The van der Waals surface area contributed by atoms with Crippen LogP contribution in [-0.4, -0.2) is 74.5 Å². The molecular weight excluding hydrogens is 600 g/mol. The van der Waals surface area contributed by atoms with E-state index in [9.17, 15) is 13.6 Å². The molecule has 11 nitrogen and oxygen atoms in total. The molecule has 0 bridgehead atoms. The van der Waals surface area contributed by atoms with Gasteiger partial charge in [0.15, 0.2) is 0 Å². The molecule has 242 valence electrons. The maximum Gasteiger partial charge on any atom is 0.280 e. The molecule has 15 heteroatoms. The Morgan fingerprint density at radius 2 is 1.87 bits per heavy atom. The van der Waals surface area contributed by atoms with Crippen molar-refractivity contribution in [2.24, 2.45) is 11.5 Å². The Morgan fingerprint density at radius 1 is 1.15 bits per heavy atom. The quantitative estimate of drug-likeness (QED) is 0.122. The fourth-order valence-electron chi connectivity index (χ4n) is 6.29. The first-order valence-corrected chi connectivity index (χ1v) is 15.7. The van der Waals surface area contributed by atoms with E-state index in [1.165, 1.54) is 12.1 Å². The Labute approximate surface area is 275 Å². The lowest BCUT2D eigenvalue weighted by Crippen LogP contribution is -2.60. The minimum atomic E-state index is -2.72. The van der Waals surface area contributed by atoms with Gasteiger partial charge in [-0.1, -0.05) is 25.1 Å². The van der Waals surface area contributed by atoms with Gasteiger partial charge in [0.25, 0.3) is 12.3 Å². The highest BCUT2D eigenvalue weighted by atomic mass is 19.3. The number of pyridine rings is 1. The SMILES string of the molecule is [B]C([B])(c1cccc(C(F)F)n1)N1CC(n2ncc3c2C(CC)N(C)c2c(NC(/C=C(\N)NC)=C(/N)C(=O)NC4CC4)cccc2-3)C1. The number of alkyl halides is 2. The van der Waals surface area contributed by atoms with E-state index < -0.39 is 11.8 Å². The van der Waals surface area contributed by atoms with Crippen LogP contribution >= 0.6 is 0 Å². The average Bonchev–Trinajstić information content (AvgIpc) is 3.75. The van der Waals surface area contributed by atoms with E-state index in [0.29, 0.717) is 24.6 Å². The van der Waals surface area contributed by atoms with Crippen LogP contribution in [0.4, 0.5) is 20.2 Å². The van der Waals surface area contributed by atoms with Crippen molar-refractivity contribution in [1.29, 1.82) is 0 Å². The van der Waals surface area contributed by atoms with Gasteiger partial charge in [0.1, 0.15) is 11.4 Å². The van der Waals surface area contributed by atoms with Gasteiger partial charge in [-0.2, -0.15) is 5.10 Å². The zero-order valence-corrected chi connectivity index (χ0v) is 26.7. The number of benzene rings is 1. The van der Waals surface area contributed by atoms with Gasteiger partial charge in [0.05, 0.1) is 62.6 Å². The molecule has 3 aliphatic rings. The third-order valence-corrected chi connectivity index (χ3v) is 9.12. The number of hydrogen-bond donors (Lipinski definition) is 5. The second-order valence-electron chi connectivity index (χ2n) is 12.3. The summed E-state index contributed by atoms with van der Waals surface area (Å²) in [5.74, 6) is -0.0109. The highest BCUT2D eigenvalue weighted by Gasteiger charge is 2.43. The van der Waals surface area contributed by atoms with Crippen molar-refractivity contribution in [2.45, 2.75) is 56.1 Å². The second-order valence-corrected chi connectivity index (χ2v) is 12.3. The predicted molar refractivity (Wildman–Crippen MR) is 179 cm³/mol. The van der Waals surface area contributed by atoms with Crippen molar-refractivity contribution >= 4 is 33.0 Å². The number of hydrogen-bond acceptors (Lipinski definition) is 9. The molecule has 4 radical (unpaired) electrons. The lowest BCUT2D eigenvalue weighted by molar-refractivity contribution is -0.117. The fourth-order valence-corrected chi connectivity index (χ4v) is 6.29. The van der Waals surface area contributed by atoms with Crippen LogP contribution < -0.4 is 32.3 Å². The summed E-state index contributed by atoms with van der Waals surface area (Å²) in [4.78, 5) is 21.0. The number of aromatic nitrogens is 3. The Hall–Kier alpha value is -4.52. The van der Waals surface area contributed by atoms with Crippen LogP contribution in [0.1, 0.15) is 61.8 Å². The molecule has 6 rings (SSSR count). The van der Waals surface area contributed by atoms with Gasteiger partial charge in [0, 0.05) is 56.1 Å². The Kier molecular flexibility index (Phi) is 8.68. The van der Waals surface area contributed by atoms with Gasteiger partial charge >= 0.3 is 0 Å². The first-order valence-electron chi connectivity index (χ1n) is 15.7. The molecule has 1 aromatic carbocycles. The summed E-state index contributed by atoms with van der Waals surface area (Å²) < 4.78 is 28.6. The lowest BCUT2D eigenvalue weighted by Gasteiger charge is -2.50. The lowest BCUT2D eigenvalue weighted by atomic mass is 9.57. The highest BCUT2D eigenvalue weighted by Crippen LogP contribution is 2.50. The molecule has 1 saturated heterocycles. The molecular formula is C32H38B2F2N10O. The number of carbonyl (C=O) groups is 1. The van der Waals surface area contributed by atoms with Crippen LogP contribution in [-0.2, 0) is 10.1 Å². The van der Waals surface area contributed by atoms with Crippen LogP contribution in [0, 0.1) is 0 Å². The number of nitrogens with zero attached hydrogens (tertiary/aromatic N) is 5. The zero-order valence-electron chi connectivity index (χ0n) is 26.7. The number of anilines is 2. The van der Waals surface area contributed by atoms with Crippen LogP contribution in [0.3, 0.4) is 0 Å². The number of fused-ring (bicyclic) bond motifs is 3. The molecule has 47 heavy (non-hydrogen) atoms. The minimum Gasteiger partial charge on any atom is -0.393 e. The smallest absolute Gasteiger partial charge is 0.280 e. The van der Waals surface area contributed by atoms with E-state index in [1.807, 2.05) is 41.0 Å². The third-order valence-electron chi connectivity index (χ3n) is 9.12. The molecule has 1 unspecified atom stereocenters. The number of rotatable bonds is 11. The van der Waals surface area contributed by atoms with Crippen molar-refractivity contribution in [3.63, 3.8) is 0 Å². The van der Waals surface area contributed by atoms with Crippen LogP contribution in [0.15, 0.2) is 65.9 Å². The molecule has 1 amide bonds. The van der Waals surface area contributed by atoms with Gasteiger partial charge in [-0.3, -0.25) is 14.5 Å². The van der Waals surface area contributed by atoms with E-state index in [1.54, 1.807) is 19.2 Å². The Bertz CT molecular complexity index is 1730. The molecule has 0 spiro atoms. The number of nitrogens with one attached hydrogen (secondary N) is 3. The van der Waals surface area contributed by atoms with Crippen LogP contribution in [0.2, 0.25) is 0 Å². The standard InChI is InChI=1S/C32H38B2F2N10O/c1-4-24-29-20(14-40-46(29)18-15-45(16-18)32(33,34)25-10-6-9-22(43-25)30(35)36)19-7-5-8-21(28(19)44(24)3)42-23(13-26(37)39-2)27(38)31(47)41-17-11-12-17/h5-10,13-14,17-18,24,30,39,42H,4,11-12,15-16,37-38H2,1-3H3,(H,41,47)/b26-13+,27-23+. The number of nitrogens with two attached hydrogens (primary N) is 2. The van der Waals surface area contributed by atoms with E-state index in [4.69, 9.17) is 32.3 Å². The van der Waals surface area contributed by atoms with Gasteiger partial charge in [-0.25, -0.2) is 8.78 Å². The molecule has 1 atom stereocenters. The number of para-hydroxylation sites is 1. The van der Waals surface area contributed by atoms with Crippen molar-refractivity contribution in [3.05, 3.63) is 83.0 Å². The second kappa shape index (κ2) is 12.6. The van der Waals surface area contributed by atoms with Crippen LogP contribution in [0.5, 0.6) is 0 Å². The van der Waals surface area contributed by atoms with E-state index >= 15 is 0 Å². The molecule has 1 aliphatic carbocycles. The number of amides is 1. The van der Waals surface area contributed by atoms with Crippen molar-refractivity contribution in [1.82, 2.24) is 30.3 Å². The van der Waals surface area contributed by atoms with Crippen molar-refractivity contribution in [2.75, 3.05) is 37.4 Å². The summed E-state index contributed by atoms with van der Waals surface area (Å²) in [5, 5.41) is 12.5. The number of allylic oxidation sites excluding steroid dienone is 1. The maximum atomic E-state index is 13.3. The fraction of sp³-hybridized carbons (Fsp3) is 0.406. The zero-order chi connectivity index (χ0) is 33.6.